The Hall–Kier alpha value is -1.52. The van der Waals surface area contributed by atoms with Crippen LogP contribution in [0, 0.1) is 0 Å². The van der Waals surface area contributed by atoms with Crippen LogP contribution >= 0.6 is 0 Å². The highest BCUT2D eigenvalue weighted by Gasteiger charge is 2.30. The molecule has 1 N–H and O–H groups in total. The Bertz CT molecular complexity index is 399. The number of anilines is 1. The zero-order valence-electron chi connectivity index (χ0n) is 9.14. The molecule has 0 aromatic carbocycles. The number of fused-ring (bicyclic) bond motifs is 1. The van der Waals surface area contributed by atoms with E-state index in [0.29, 0.717) is 11.9 Å². The number of aromatic carboxylic acids is 1. The maximum atomic E-state index is 11.0. The second-order valence-corrected chi connectivity index (χ2v) is 4.18. The van der Waals surface area contributed by atoms with Crippen molar-refractivity contribution in [2.24, 2.45) is 0 Å². The normalized spacial score (nSPS) is 25.1. The lowest BCUT2D eigenvalue weighted by Gasteiger charge is -2.36. The molecule has 2 unspecified atom stereocenters. The quantitative estimate of drug-likeness (QED) is 0.759. The molecule has 82 valence electrons. The number of hydrogen-bond donors (Lipinski definition) is 1. The summed E-state index contributed by atoms with van der Waals surface area (Å²) in [5, 5.41) is 13.2. The Kier molecular flexibility index (Phi) is 2.17. The average molecular weight is 209 g/mol. The van der Waals surface area contributed by atoms with E-state index in [0.717, 1.165) is 6.42 Å². The molecular weight excluding hydrogens is 194 g/mol. The molecule has 5 heteroatoms. The molecule has 0 radical (unpaired) electrons. The van der Waals surface area contributed by atoms with Gasteiger partial charge in [0.2, 0.25) is 0 Å². The molecule has 5 nitrogen and oxygen atoms in total. The molecule has 15 heavy (non-hydrogen) atoms. The van der Waals surface area contributed by atoms with E-state index in [2.05, 4.69) is 18.9 Å². The lowest BCUT2D eigenvalue weighted by atomic mass is 10.1. The summed E-state index contributed by atoms with van der Waals surface area (Å²) in [6.07, 6.45) is 2.42. The first kappa shape index (κ1) is 10.0. The molecule has 2 rings (SSSR count). The van der Waals surface area contributed by atoms with Crippen molar-refractivity contribution in [2.45, 2.75) is 32.4 Å². The van der Waals surface area contributed by atoms with Gasteiger partial charge in [-0.05, 0) is 20.3 Å². The van der Waals surface area contributed by atoms with Crippen LogP contribution in [0.15, 0.2) is 6.20 Å². The molecule has 0 amide bonds. The standard InChI is InChI=1S/C10H15N3O2/c1-6-4-7(2)13-9(12(6)3)8(5-11-13)10(14)15/h5-7H,4H2,1-3H3,(H,14,15). The van der Waals surface area contributed by atoms with E-state index in [4.69, 9.17) is 5.11 Å². The lowest BCUT2D eigenvalue weighted by molar-refractivity contribution is 0.0697. The molecule has 1 aromatic heterocycles. The Morgan fingerprint density at radius 1 is 1.53 bits per heavy atom. The van der Waals surface area contributed by atoms with E-state index in [1.165, 1.54) is 6.20 Å². The predicted molar refractivity (Wildman–Crippen MR) is 56.4 cm³/mol. The van der Waals surface area contributed by atoms with Gasteiger partial charge in [0.05, 0.1) is 12.2 Å². The van der Waals surface area contributed by atoms with E-state index in [1.54, 1.807) is 4.68 Å². The lowest BCUT2D eigenvalue weighted by Crippen LogP contribution is -2.38. The largest absolute Gasteiger partial charge is 0.477 e. The topological polar surface area (TPSA) is 58.4 Å². The third-order valence-electron chi connectivity index (χ3n) is 3.09. The highest BCUT2D eigenvalue weighted by atomic mass is 16.4. The van der Waals surface area contributed by atoms with Gasteiger partial charge in [-0.25, -0.2) is 9.48 Å². The number of rotatable bonds is 1. The highest BCUT2D eigenvalue weighted by molar-refractivity contribution is 5.93. The van der Waals surface area contributed by atoms with Gasteiger partial charge >= 0.3 is 5.97 Å². The molecule has 2 atom stereocenters. The molecule has 0 aliphatic carbocycles. The van der Waals surface area contributed by atoms with Gasteiger partial charge < -0.3 is 10.0 Å². The summed E-state index contributed by atoms with van der Waals surface area (Å²) in [7, 11) is 1.91. The number of carbonyl (C=O) groups is 1. The molecule has 2 heterocycles. The van der Waals surface area contributed by atoms with Crippen molar-refractivity contribution in [3.05, 3.63) is 11.8 Å². The molecule has 0 spiro atoms. The van der Waals surface area contributed by atoms with Crippen LogP contribution in [0.5, 0.6) is 0 Å². The van der Waals surface area contributed by atoms with Crippen LogP contribution < -0.4 is 4.90 Å². The van der Waals surface area contributed by atoms with Crippen LogP contribution in [0.3, 0.4) is 0 Å². The number of hydrogen-bond acceptors (Lipinski definition) is 3. The van der Waals surface area contributed by atoms with Crippen LogP contribution in [0.2, 0.25) is 0 Å². The summed E-state index contributed by atoms with van der Waals surface area (Å²) in [5.41, 5.74) is 0.288. The fraction of sp³-hybridized carbons (Fsp3) is 0.600. The van der Waals surface area contributed by atoms with Crippen LogP contribution in [0.1, 0.15) is 36.7 Å². The Morgan fingerprint density at radius 2 is 2.20 bits per heavy atom. The van der Waals surface area contributed by atoms with Gasteiger partial charge in [-0.3, -0.25) is 0 Å². The minimum absolute atomic E-state index is 0.263. The van der Waals surface area contributed by atoms with Gasteiger partial charge in [0.25, 0.3) is 0 Å². The SMILES string of the molecule is CC1CC(C)n2ncc(C(=O)O)c2N1C. The van der Waals surface area contributed by atoms with E-state index in [9.17, 15) is 4.79 Å². The van der Waals surface area contributed by atoms with Gasteiger partial charge in [-0.2, -0.15) is 5.10 Å². The average Bonchev–Trinajstić information content (AvgIpc) is 2.58. The molecule has 0 saturated carbocycles. The van der Waals surface area contributed by atoms with Crippen molar-refractivity contribution < 1.29 is 9.90 Å². The summed E-state index contributed by atoms with van der Waals surface area (Å²) < 4.78 is 1.80. The van der Waals surface area contributed by atoms with Crippen molar-refractivity contribution in [1.82, 2.24) is 9.78 Å². The number of carboxylic acids is 1. The van der Waals surface area contributed by atoms with Crippen molar-refractivity contribution in [3.8, 4) is 0 Å². The maximum absolute atomic E-state index is 11.0. The van der Waals surface area contributed by atoms with Gasteiger partial charge in [0.1, 0.15) is 11.4 Å². The van der Waals surface area contributed by atoms with Crippen LogP contribution in [0.25, 0.3) is 0 Å². The van der Waals surface area contributed by atoms with Gasteiger partial charge in [-0.1, -0.05) is 0 Å². The predicted octanol–water partition coefficient (Wildman–Crippen LogP) is 1.37. The molecule has 0 fully saturated rings. The highest BCUT2D eigenvalue weighted by Crippen LogP contribution is 2.32. The summed E-state index contributed by atoms with van der Waals surface area (Å²) in [5.74, 6) is -0.196. The smallest absolute Gasteiger partial charge is 0.341 e. The zero-order chi connectivity index (χ0) is 11.2. The number of aromatic nitrogens is 2. The maximum Gasteiger partial charge on any atom is 0.341 e. The van der Waals surface area contributed by atoms with E-state index in [-0.39, 0.29) is 11.6 Å². The first-order valence-corrected chi connectivity index (χ1v) is 5.06. The molecule has 1 aromatic rings. The van der Waals surface area contributed by atoms with Crippen molar-refractivity contribution in [1.29, 1.82) is 0 Å². The van der Waals surface area contributed by atoms with Crippen LogP contribution in [0.4, 0.5) is 5.82 Å². The Labute approximate surface area is 88.3 Å². The second kappa shape index (κ2) is 3.25. The zero-order valence-corrected chi connectivity index (χ0v) is 9.14. The van der Waals surface area contributed by atoms with E-state index < -0.39 is 5.97 Å². The summed E-state index contributed by atoms with van der Waals surface area (Å²) in [6.45, 7) is 4.16. The summed E-state index contributed by atoms with van der Waals surface area (Å²) in [4.78, 5) is 13.0. The number of nitrogens with zero attached hydrogens (tertiary/aromatic N) is 3. The fourth-order valence-corrected chi connectivity index (χ4v) is 2.14. The Balaban J connectivity index is 2.54. The monoisotopic (exact) mass is 209 g/mol. The molecule has 1 aliphatic rings. The van der Waals surface area contributed by atoms with Crippen LogP contribution in [-0.4, -0.2) is 33.9 Å². The second-order valence-electron chi connectivity index (χ2n) is 4.18. The molecule has 0 bridgehead atoms. The van der Waals surface area contributed by atoms with E-state index >= 15 is 0 Å². The minimum Gasteiger partial charge on any atom is -0.477 e. The fourth-order valence-electron chi connectivity index (χ4n) is 2.14. The first-order valence-electron chi connectivity index (χ1n) is 5.06. The summed E-state index contributed by atoms with van der Waals surface area (Å²) >= 11 is 0. The molecule has 0 saturated heterocycles. The molecular formula is C10H15N3O2. The van der Waals surface area contributed by atoms with Crippen molar-refractivity contribution in [2.75, 3.05) is 11.9 Å². The van der Waals surface area contributed by atoms with Crippen molar-refractivity contribution >= 4 is 11.8 Å². The minimum atomic E-state index is -0.913. The third kappa shape index (κ3) is 1.38. The summed E-state index contributed by atoms with van der Waals surface area (Å²) in [6, 6.07) is 0.613. The molecule has 1 aliphatic heterocycles. The third-order valence-corrected chi connectivity index (χ3v) is 3.09. The van der Waals surface area contributed by atoms with Crippen molar-refractivity contribution in [3.63, 3.8) is 0 Å². The van der Waals surface area contributed by atoms with Gasteiger partial charge in [0, 0.05) is 13.1 Å². The van der Waals surface area contributed by atoms with Gasteiger partial charge in [-0.15, -0.1) is 0 Å². The number of carboxylic acid groups (broad SMARTS) is 1. The van der Waals surface area contributed by atoms with E-state index in [1.807, 2.05) is 11.9 Å². The first-order chi connectivity index (χ1) is 7.02. The van der Waals surface area contributed by atoms with Gasteiger partial charge in [0.15, 0.2) is 0 Å². The Morgan fingerprint density at radius 3 is 2.80 bits per heavy atom. The van der Waals surface area contributed by atoms with Crippen LogP contribution in [-0.2, 0) is 0 Å².